The predicted octanol–water partition coefficient (Wildman–Crippen LogP) is 0.954. The molecule has 1 N–H and O–H groups in total. The summed E-state index contributed by atoms with van der Waals surface area (Å²) in [6.07, 6.45) is 0. The van der Waals surface area contributed by atoms with Gasteiger partial charge in [-0.15, -0.1) is 0 Å². The number of ether oxygens (including phenoxy) is 1. The van der Waals surface area contributed by atoms with Crippen LogP contribution in [0.15, 0.2) is 12.1 Å². The third-order valence-corrected chi connectivity index (χ3v) is 2.69. The van der Waals surface area contributed by atoms with E-state index >= 15 is 0 Å². The van der Waals surface area contributed by atoms with Crippen molar-refractivity contribution in [1.29, 1.82) is 0 Å². The highest BCUT2D eigenvalue weighted by molar-refractivity contribution is 5.95. The second-order valence-corrected chi connectivity index (χ2v) is 4.05. The van der Waals surface area contributed by atoms with Gasteiger partial charge in [0.15, 0.2) is 0 Å². The average Bonchev–Trinajstić information content (AvgIpc) is 2.42. The highest BCUT2D eigenvalue weighted by Crippen LogP contribution is 2.22. The standard InChI is InChI=1S/C12H14F2N2O5/c1-21-5-3-15(2-4-17)12(18)8-6-11(16(19)20)10(14)7-9(8)13/h6-7,17H,2-5H2,1H3. The molecule has 9 heteroatoms. The fourth-order valence-electron chi connectivity index (χ4n) is 1.65. The number of hydrogen-bond acceptors (Lipinski definition) is 5. The number of nitrogens with zero attached hydrogens (tertiary/aromatic N) is 2. The predicted molar refractivity (Wildman–Crippen MR) is 67.9 cm³/mol. The molecular weight excluding hydrogens is 290 g/mol. The Morgan fingerprint density at radius 3 is 2.57 bits per heavy atom. The SMILES string of the molecule is COCCN(CCO)C(=O)c1cc([N+](=O)[O-])c(F)cc1F. The Bertz CT molecular complexity index is 539. The lowest BCUT2D eigenvalue weighted by Gasteiger charge is -2.21. The lowest BCUT2D eigenvalue weighted by atomic mass is 10.1. The molecule has 0 aliphatic carbocycles. The van der Waals surface area contributed by atoms with E-state index < -0.39 is 33.7 Å². The summed E-state index contributed by atoms with van der Waals surface area (Å²) in [7, 11) is 1.39. The van der Waals surface area contributed by atoms with Crippen LogP contribution in [0.5, 0.6) is 0 Å². The van der Waals surface area contributed by atoms with E-state index in [1.807, 2.05) is 0 Å². The van der Waals surface area contributed by atoms with E-state index in [2.05, 4.69) is 0 Å². The highest BCUT2D eigenvalue weighted by atomic mass is 19.1. The summed E-state index contributed by atoms with van der Waals surface area (Å²) in [4.78, 5) is 22.8. The smallest absolute Gasteiger partial charge is 0.305 e. The van der Waals surface area contributed by atoms with Gasteiger partial charge in [-0.25, -0.2) is 4.39 Å². The van der Waals surface area contributed by atoms with Gasteiger partial charge in [-0.2, -0.15) is 4.39 Å². The molecule has 0 radical (unpaired) electrons. The van der Waals surface area contributed by atoms with E-state index in [1.165, 1.54) is 7.11 Å². The molecule has 7 nitrogen and oxygen atoms in total. The lowest BCUT2D eigenvalue weighted by Crippen LogP contribution is -2.36. The molecule has 1 rings (SSSR count). The molecule has 0 saturated carbocycles. The Morgan fingerprint density at radius 2 is 2.05 bits per heavy atom. The molecule has 0 atom stereocenters. The summed E-state index contributed by atoms with van der Waals surface area (Å²) in [6.45, 7) is -0.287. The van der Waals surface area contributed by atoms with Gasteiger partial charge in [-0.05, 0) is 0 Å². The van der Waals surface area contributed by atoms with Crippen molar-refractivity contribution in [2.24, 2.45) is 0 Å². The topological polar surface area (TPSA) is 92.9 Å². The molecule has 0 aliphatic heterocycles. The third kappa shape index (κ3) is 4.17. The molecule has 0 aliphatic rings. The molecule has 0 bridgehead atoms. The molecule has 116 valence electrons. The van der Waals surface area contributed by atoms with Gasteiger partial charge in [0.25, 0.3) is 5.91 Å². The van der Waals surface area contributed by atoms with Crippen molar-refractivity contribution >= 4 is 11.6 Å². The van der Waals surface area contributed by atoms with Crippen molar-refractivity contribution in [2.45, 2.75) is 0 Å². The number of nitro groups is 1. The van der Waals surface area contributed by atoms with Crippen LogP contribution in [-0.2, 0) is 4.74 Å². The number of aliphatic hydroxyl groups excluding tert-OH is 1. The summed E-state index contributed by atoms with van der Waals surface area (Å²) < 4.78 is 31.7. The average molecular weight is 304 g/mol. The Labute approximate surface area is 118 Å². The first-order valence-electron chi connectivity index (χ1n) is 5.94. The van der Waals surface area contributed by atoms with Crippen molar-refractivity contribution in [3.8, 4) is 0 Å². The van der Waals surface area contributed by atoms with E-state index in [0.29, 0.717) is 12.1 Å². The number of benzene rings is 1. The number of aliphatic hydroxyl groups is 1. The van der Waals surface area contributed by atoms with Crippen LogP contribution in [0.2, 0.25) is 0 Å². The minimum Gasteiger partial charge on any atom is -0.395 e. The lowest BCUT2D eigenvalue weighted by molar-refractivity contribution is -0.387. The van der Waals surface area contributed by atoms with Gasteiger partial charge in [0.2, 0.25) is 5.82 Å². The van der Waals surface area contributed by atoms with E-state index in [4.69, 9.17) is 9.84 Å². The quantitative estimate of drug-likeness (QED) is 0.598. The van der Waals surface area contributed by atoms with E-state index in [1.54, 1.807) is 0 Å². The van der Waals surface area contributed by atoms with Crippen LogP contribution >= 0.6 is 0 Å². The van der Waals surface area contributed by atoms with Crippen LogP contribution in [-0.4, -0.2) is 54.3 Å². The Hall–Kier alpha value is -2.13. The van der Waals surface area contributed by atoms with E-state index in [0.717, 1.165) is 4.90 Å². The number of amides is 1. The van der Waals surface area contributed by atoms with Crippen molar-refractivity contribution in [3.05, 3.63) is 39.4 Å². The molecule has 0 heterocycles. The maximum Gasteiger partial charge on any atom is 0.305 e. The first-order chi connectivity index (χ1) is 9.92. The van der Waals surface area contributed by atoms with Gasteiger partial charge in [-0.1, -0.05) is 0 Å². The molecule has 0 fully saturated rings. The van der Waals surface area contributed by atoms with Crippen LogP contribution in [0.4, 0.5) is 14.5 Å². The van der Waals surface area contributed by atoms with Gasteiger partial charge in [0, 0.05) is 32.3 Å². The van der Waals surface area contributed by atoms with Gasteiger partial charge >= 0.3 is 5.69 Å². The number of methoxy groups -OCH3 is 1. The zero-order valence-corrected chi connectivity index (χ0v) is 11.2. The molecule has 0 unspecified atom stereocenters. The van der Waals surface area contributed by atoms with Gasteiger partial charge in [0.05, 0.1) is 23.7 Å². The second-order valence-electron chi connectivity index (χ2n) is 4.05. The molecule has 1 aromatic carbocycles. The molecule has 1 aromatic rings. The fourth-order valence-corrected chi connectivity index (χ4v) is 1.65. The fraction of sp³-hybridized carbons (Fsp3) is 0.417. The molecular formula is C12H14F2N2O5. The number of carbonyl (C=O) groups excluding carboxylic acids is 1. The van der Waals surface area contributed by atoms with Crippen LogP contribution < -0.4 is 0 Å². The van der Waals surface area contributed by atoms with Crippen LogP contribution in [0.3, 0.4) is 0 Å². The Morgan fingerprint density at radius 1 is 1.38 bits per heavy atom. The van der Waals surface area contributed by atoms with E-state index in [9.17, 15) is 23.7 Å². The minimum atomic E-state index is -1.36. The molecule has 0 spiro atoms. The monoisotopic (exact) mass is 304 g/mol. The first-order valence-corrected chi connectivity index (χ1v) is 5.94. The number of halogens is 2. The summed E-state index contributed by atoms with van der Waals surface area (Å²) in [5, 5.41) is 19.5. The van der Waals surface area contributed by atoms with Gasteiger partial charge < -0.3 is 14.7 Å². The first kappa shape index (κ1) is 16.9. The Balaban J connectivity index is 3.14. The Kier molecular flexibility index (Phi) is 6.12. The summed E-state index contributed by atoms with van der Waals surface area (Å²) >= 11 is 0. The highest BCUT2D eigenvalue weighted by Gasteiger charge is 2.25. The third-order valence-electron chi connectivity index (χ3n) is 2.69. The molecule has 1 amide bonds. The van der Waals surface area contributed by atoms with Gasteiger partial charge in [0.1, 0.15) is 5.82 Å². The van der Waals surface area contributed by atoms with Crippen LogP contribution in [0.25, 0.3) is 0 Å². The molecule has 21 heavy (non-hydrogen) atoms. The van der Waals surface area contributed by atoms with Crippen molar-refractivity contribution in [2.75, 3.05) is 33.4 Å². The maximum atomic E-state index is 13.7. The number of nitro benzene ring substituents is 1. The zero-order valence-electron chi connectivity index (χ0n) is 11.2. The number of rotatable bonds is 7. The van der Waals surface area contributed by atoms with Gasteiger partial charge in [-0.3, -0.25) is 14.9 Å². The minimum absolute atomic E-state index is 0.0561. The largest absolute Gasteiger partial charge is 0.395 e. The van der Waals surface area contributed by atoms with Crippen LogP contribution in [0.1, 0.15) is 10.4 Å². The van der Waals surface area contributed by atoms with Crippen molar-refractivity contribution in [1.82, 2.24) is 4.90 Å². The molecule has 0 aromatic heterocycles. The normalized spacial score (nSPS) is 10.5. The second kappa shape index (κ2) is 7.60. The molecule has 0 saturated heterocycles. The number of hydrogen-bond donors (Lipinski definition) is 1. The maximum absolute atomic E-state index is 13.7. The van der Waals surface area contributed by atoms with Crippen molar-refractivity contribution in [3.63, 3.8) is 0 Å². The van der Waals surface area contributed by atoms with Crippen molar-refractivity contribution < 1.29 is 28.3 Å². The van der Waals surface area contributed by atoms with E-state index in [-0.39, 0.29) is 26.3 Å². The summed E-state index contributed by atoms with van der Waals surface area (Å²) in [6, 6.07) is 0.836. The number of carbonyl (C=O) groups is 1. The summed E-state index contributed by atoms with van der Waals surface area (Å²) in [5.74, 6) is -3.45. The summed E-state index contributed by atoms with van der Waals surface area (Å²) in [5.41, 5.74) is -1.62. The van der Waals surface area contributed by atoms with Crippen LogP contribution in [0, 0.1) is 21.7 Å². The zero-order chi connectivity index (χ0) is 16.0.